The Hall–Kier alpha value is -1.29. The Bertz CT molecular complexity index is 348. The number of hydrogen-bond acceptors (Lipinski definition) is 3. The second-order valence-corrected chi connectivity index (χ2v) is 4.63. The Labute approximate surface area is 102 Å². The van der Waals surface area contributed by atoms with Crippen molar-refractivity contribution < 1.29 is 9.21 Å². The number of amides is 1. The third-order valence-electron chi connectivity index (χ3n) is 3.30. The quantitative estimate of drug-likeness (QED) is 0.837. The van der Waals surface area contributed by atoms with Crippen molar-refractivity contribution >= 4 is 5.91 Å². The standard InChI is InChI=1S/C13H20N2O2/c1-14-9-11-6-7-15(10-11)13(16)5-4-12-3-2-8-17-12/h2-3,8,11,14H,4-7,9-10H2,1H3. The fourth-order valence-corrected chi connectivity index (χ4v) is 2.36. The van der Waals surface area contributed by atoms with Gasteiger partial charge in [-0.1, -0.05) is 0 Å². The van der Waals surface area contributed by atoms with Gasteiger partial charge in [-0.3, -0.25) is 4.79 Å². The number of carbonyl (C=O) groups is 1. The van der Waals surface area contributed by atoms with E-state index < -0.39 is 0 Å². The molecule has 0 bridgehead atoms. The van der Waals surface area contributed by atoms with Gasteiger partial charge in [-0.25, -0.2) is 0 Å². The van der Waals surface area contributed by atoms with Gasteiger partial charge in [0, 0.05) is 25.9 Å². The number of nitrogens with zero attached hydrogens (tertiary/aromatic N) is 1. The summed E-state index contributed by atoms with van der Waals surface area (Å²) >= 11 is 0. The van der Waals surface area contributed by atoms with Crippen LogP contribution in [-0.2, 0) is 11.2 Å². The fourth-order valence-electron chi connectivity index (χ4n) is 2.36. The zero-order valence-corrected chi connectivity index (χ0v) is 10.3. The molecule has 4 heteroatoms. The molecule has 1 unspecified atom stereocenters. The Morgan fingerprint density at radius 1 is 1.65 bits per heavy atom. The van der Waals surface area contributed by atoms with Crippen LogP contribution in [0.25, 0.3) is 0 Å². The molecule has 1 aromatic rings. The zero-order chi connectivity index (χ0) is 12.1. The van der Waals surface area contributed by atoms with Gasteiger partial charge in [0.05, 0.1) is 6.26 Å². The number of rotatable bonds is 5. The molecule has 1 aliphatic heterocycles. The van der Waals surface area contributed by atoms with Gasteiger partial charge in [-0.05, 0) is 38.1 Å². The molecule has 0 aromatic carbocycles. The van der Waals surface area contributed by atoms with Gasteiger partial charge in [0.1, 0.15) is 5.76 Å². The molecule has 0 aliphatic carbocycles. The summed E-state index contributed by atoms with van der Waals surface area (Å²) in [6.45, 7) is 2.81. The smallest absolute Gasteiger partial charge is 0.223 e. The van der Waals surface area contributed by atoms with Crippen molar-refractivity contribution in [1.29, 1.82) is 0 Å². The Balaban J connectivity index is 1.73. The van der Waals surface area contributed by atoms with Gasteiger partial charge in [0.25, 0.3) is 0 Å². The van der Waals surface area contributed by atoms with Gasteiger partial charge in [0.15, 0.2) is 0 Å². The average Bonchev–Trinajstić information content (AvgIpc) is 2.97. The van der Waals surface area contributed by atoms with Gasteiger partial charge in [0.2, 0.25) is 5.91 Å². The van der Waals surface area contributed by atoms with Crippen LogP contribution >= 0.6 is 0 Å². The fraction of sp³-hybridized carbons (Fsp3) is 0.615. The minimum absolute atomic E-state index is 0.250. The first kappa shape index (κ1) is 12.2. The Morgan fingerprint density at radius 2 is 2.53 bits per heavy atom. The van der Waals surface area contributed by atoms with Gasteiger partial charge < -0.3 is 14.6 Å². The number of furan rings is 1. The summed E-state index contributed by atoms with van der Waals surface area (Å²) in [4.78, 5) is 13.9. The SMILES string of the molecule is CNCC1CCN(C(=O)CCc2ccco2)C1. The molecular formula is C13H20N2O2. The van der Waals surface area contributed by atoms with Crippen LogP contribution in [0.4, 0.5) is 0 Å². The van der Waals surface area contributed by atoms with Crippen molar-refractivity contribution in [2.45, 2.75) is 19.3 Å². The highest BCUT2D eigenvalue weighted by Gasteiger charge is 2.25. The molecule has 1 N–H and O–H groups in total. The molecule has 4 nitrogen and oxygen atoms in total. The van der Waals surface area contributed by atoms with Crippen LogP contribution in [0.3, 0.4) is 0 Å². The second-order valence-electron chi connectivity index (χ2n) is 4.63. The maximum absolute atomic E-state index is 12.0. The highest BCUT2D eigenvalue weighted by molar-refractivity contribution is 5.76. The molecule has 94 valence electrons. The molecule has 0 radical (unpaired) electrons. The molecule has 2 rings (SSSR count). The first-order chi connectivity index (χ1) is 8.29. The van der Waals surface area contributed by atoms with E-state index in [0.717, 1.165) is 31.8 Å². The van der Waals surface area contributed by atoms with Crippen LogP contribution in [0.15, 0.2) is 22.8 Å². The van der Waals surface area contributed by atoms with Crippen molar-refractivity contribution in [3.63, 3.8) is 0 Å². The maximum atomic E-state index is 12.0. The lowest BCUT2D eigenvalue weighted by atomic mass is 10.1. The molecule has 1 fully saturated rings. The van der Waals surface area contributed by atoms with Crippen LogP contribution in [-0.4, -0.2) is 37.5 Å². The highest BCUT2D eigenvalue weighted by atomic mass is 16.3. The first-order valence-corrected chi connectivity index (χ1v) is 6.24. The number of likely N-dealkylation sites (tertiary alicyclic amines) is 1. The van der Waals surface area contributed by atoms with Crippen LogP contribution in [0.5, 0.6) is 0 Å². The van der Waals surface area contributed by atoms with E-state index in [-0.39, 0.29) is 5.91 Å². The van der Waals surface area contributed by atoms with Crippen molar-refractivity contribution in [2.24, 2.45) is 5.92 Å². The molecule has 0 saturated carbocycles. The largest absolute Gasteiger partial charge is 0.469 e. The van der Waals surface area contributed by atoms with Crippen LogP contribution < -0.4 is 5.32 Å². The average molecular weight is 236 g/mol. The van der Waals surface area contributed by atoms with E-state index in [0.29, 0.717) is 18.8 Å². The van der Waals surface area contributed by atoms with Crippen molar-refractivity contribution in [3.8, 4) is 0 Å². The minimum atomic E-state index is 0.250. The van der Waals surface area contributed by atoms with Gasteiger partial charge >= 0.3 is 0 Å². The third-order valence-corrected chi connectivity index (χ3v) is 3.30. The summed E-state index contributed by atoms with van der Waals surface area (Å²) in [6.07, 6.45) is 4.03. The van der Waals surface area contributed by atoms with Crippen LogP contribution in [0.1, 0.15) is 18.6 Å². The summed E-state index contributed by atoms with van der Waals surface area (Å²) < 4.78 is 5.23. The van der Waals surface area contributed by atoms with Crippen LogP contribution in [0, 0.1) is 5.92 Å². The molecule has 1 aromatic heterocycles. The number of nitrogens with one attached hydrogen (secondary N) is 1. The van der Waals surface area contributed by atoms with E-state index >= 15 is 0 Å². The topological polar surface area (TPSA) is 45.5 Å². The summed E-state index contributed by atoms with van der Waals surface area (Å²) in [5, 5.41) is 3.17. The van der Waals surface area contributed by atoms with Gasteiger partial charge in [-0.15, -0.1) is 0 Å². The normalized spacial score (nSPS) is 19.8. The van der Waals surface area contributed by atoms with Crippen molar-refractivity contribution in [1.82, 2.24) is 10.2 Å². The first-order valence-electron chi connectivity index (χ1n) is 6.24. The highest BCUT2D eigenvalue weighted by Crippen LogP contribution is 2.17. The van der Waals surface area contributed by atoms with Gasteiger partial charge in [-0.2, -0.15) is 0 Å². The number of aryl methyl sites for hydroxylation is 1. The van der Waals surface area contributed by atoms with Crippen molar-refractivity contribution in [3.05, 3.63) is 24.2 Å². The second kappa shape index (κ2) is 5.87. The number of carbonyl (C=O) groups excluding carboxylic acids is 1. The summed E-state index contributed by atoms with van der Waals surface area (Å²) in [5.74, 6) is 1.76. The molecule has 2 heterocycles. The summed E-state index contributed by atoms with van der Waals surface area (Å²) in [6, 6.07) is 3.78. The molecular weight excluding hydrogens is 216 g/mol. The number of hydrogen-bond donors (Lipinski definition) is 1. The Morgan fingerprint density at radius 3 is 3.24 bits per heavy atom. The van der Waals surface area contributed by atoms with Crippen LogP contribution in [0.2, 0.25) is 0 Å². The van der Waals surface area contributed by atoms with E-state index in [9.17, 15) is 4.79 Å². The van der Waals surface area contributed by atoms with E-state index in [1.54, 1.807) is 6.26 Å². The molecule has 1 amide bonds. The zero-order valence-electron chi connectivity index (χ0n) is 10.3. The predicted molar refractivity (Wildman–Crippen MR) is 65.6 cm³/mol. The lowest BCUT2D eigenvalue weighted by Crippen LogP contribution is -2.30. The lowest BCUT2D eigenvalue weighted by molar-refractivity contribution is -0.130. The minimum Gasteiger partial charge on any atom is -0.469 e. The summed E-state index contributed by atoms with van der Waals surface area (Å²) in [7, 11) is 1.96. The summed E-state index contributed by atoms with van der Waals surface area (Å²) in [5.41, 5.74) is 0. The van der Waals surface area contributed by atoms with E-state index in [4.69, 9.17) is 4.42 Å². The third kappa shape index (κ3) is 3.33. The van der Waals surface area contributed by atoms with Crippen molar-refractivity contribution in [2.75, 3.05) is 26.7 Å². The molecule has 17 heavy (non-hydrogen) atoms. The molecule has 1 atom stereocenters. The Kier molecular flexibility index (Phi) is 4.20. The van der Waals surface area contributed by atoms with E-state index in [2.05, 4.69) is 5.32 Å². The monoisotopic (exact) mass is 236 g/mol. The maximum Gasteiger partial charge on any atom is 0.223 e. The van der Waals surface area contributed by atoms with E-state index in [1.807, 2.05) is 24.1 Å². The molecule has 0 spiro atoms. The predicted octanol–water partition coefficient (Wildman–Crippen LogP) is 1.28. The van der Waals surface area contributed by atoms with E-state index in [1.165, 1.54) is 0 Å². The molecule has 1 saturated heterocycles. The lowest BCUT2D eigenvalue weighted by Gasteiger charge is -2.16. The molecule has 1 aliphatic rings.